The fourth-order valence-corrected chi connectivity index (χ4v) is 2.01. The average molecular weight is 241 g/mol. The van der Waals surface area contributed by atoms with Gasteiger partial charge in [0, 0.05) is 19.0 Å². The van der Waals surface area contributed by atoms with Gasteiger partial charge < -0.3 is 4.90 Å². The third-order valence-corrected chi connectivity index (χ3v) is 3.84. The van der Waals surface area contributed by atoms with Gasteiger partial charge in [0.1, 0.15) is 0 Å². The summed E-state index contributed by atoms with van der Waals surface area (Å²) >= 11 is 0. The zero-order chi connectivity index (χ0) is 13.6. The number of likely N-dealkylation sites (tertiary alicyclic amines) is 1. The maximum absolute atomic E-state index is 12.2. The molecule has 0 bridgehead atoms. The molecule has 2 nitrogen and oxygen atoms in total. The molecule has 0 radical (unpaired) electrons. The van der Waals surface area contributed by atoms with E-state index in [-0.39, 0.29) is 11.3 Å². The lowest BCUT2D eigenvalue weighted by Crippen LogP contribution is -2.38. The molecule has 1 heterocycles. The molecule has 1 rings (SSSR count). The Bertz CT molecular complexity index is 230. The molecule has 1 amide bonds. The molecule has 0 N–H and O–H groups in total. The molecule has 1 fully saturated rings. The van der Waals surface area contributed by atoms with Gasteiger partial charge in [0.05, 0.1) is 0 Å². The fourth-order valence-electron chi connectivity index (χ4n) is 2.01. The van der Waals surface area contributed by atoms with Gasteiger partial charge in [-0.1, -0.05) is 54.9 Å². The van der Waals surface area contributed by atoms with Crippen LogP contribution < -0.4 is 0 Å². The summed E-state index contributed by atoms with van der Waals surface area (Å²) in [5.74, 6) is 1.22. The summed E-state index contributed by atoms with van der Waals surface area (Å²) in [5.41, 5.74) is 0.0847. The first-order valence-corrected chi connectivity index (χ1v) is 7.15. The standard InChI is InChI=1S/C13H25NO.C2H6/c1-6-11-7-8-14(9-11)12(15)10(2)13(3,4)5;1-2/h10-11H,6-9H2,1-5H3;1-2H3. The molecule has 0 spiro atoms. The molecule has 0 saturated carbocycles. The zero-order valence-electron chi connectivity index (χ0n) is 12.8. The topological polar surface area (TPSA) is 20.3 Å². The van der Waals surface area contributed by atoms with E-state index in [0.29, 0.717) is 5.91 Å². The normalized spacial score (nSPS) is 21.8. The summed E-state index contributed by atoms with van der Waals surface area (Å²) < 4.78 is 0. The van der Waals surface area contributed by atoms with Crippen LogP contribution in [0, 0.1) is 17.3 Å². The molecule has 102 valence electrons. The van der Waals surface area contributed by atoms with Crippen molar-refractivity contribution >= 4 is 5.91 Å². The second kappa shape index (κ2) is 7.03. The van der Waals surface area contributed by atoms with Gasteiger partial charge >= 0.3 is 0 Å². The van der Waals surface area contributed by atoms with E-state index in [2.05, 4.69) is 39.5 Å². The monoisotopic (exact) mass is 241 g/mol. The van der Waals surface area contributed by atoms with E-state index in [4.69, 9.17) is 0 Å². The summed E-state index contributed by atoms with van der Waals surface area (Å²) in [6.45, 7) is 16.6. The van der Waals surface area contributed by atoms with E-state index in [1.807, 2.05) is 13.8 Å². The minimum atomic E-state index is 0.0847. The van der Waals surface area contributed by atoms with Crippen molar-refractivity contribution in [2.24, 2.45) is 17.3 Å². The van der Waals surface area contributed by atoms with E-state index in [1.54, 1.807) is 0 Å². The van der Waals surface area contributed by atoms with E-state index < -0.39 is 0 Å². The first-order valence-electron chi connectivity index (χ1n) is 7.15. The van der Waals surface area contributed by atoms with Gasteiger partial charge in [0.15, 0.2) is 0 Å². The van der Waals surface area contributed by atoms with Crippen molar-refractivity contribution in [3.63, 3.8) is 0 Å². The highest BCUT2D eigenvalue weighted by Gasteiger charge is 2.33. The van der Waals surface area contributed by atoms with E-state index >= 15 is 0 Å². The van der Waals surface area contributed by atoms with Crippen molar-refractivity contribution in [2.75, 3.05) is 13.1 Å². The van der Waals surface area contributed by atoms with Gasteiger partial charge in [0.25, 0.3) is 0 Å². The predicted octanol–water partition coefficient (Wildman–Crippen LogP) is 3.95. The summed E-state index contributed by atoms with van der Waals surface area (Å²) in [5, 5.41) is 0. The molecule has 2 heteroatoms. The first kappa shape index (κ1) is 16.5. The summed E-state index contributed by atoms with van der Waals surface area (Å²) in [4.78, 5) is 14.2. The summed E-state index contributed by atoms with van der Waals surface area (Å²) in [6.07, 6.45) is 2.40. The highest BCUT2D eigenvalue weighted by atomic mass is 16.2. The third-order valence-electron chi connectivity index (χ3n) is 3.84. The minimum absolute atomic E-state index is 0.0847. The van der Waals surface area contributed by atoms with Crippen LogP contribution in [-0.2, 0) is 4.79 Å². The molecular weight excluding hydrogens is 210 g/mol. The Hall–Kier alpha value is -0.530. The Morgan fingerprint density at radius 2 is 1.88 bits per heavy atom. The molecule has 1 aliphatic heterocycles. The van der Waals surface area contributed by atoms with Crippen LogP contribution in [0.4, 0.5) is 0 Å². The zero-order valence-corrected chi connectivity index (χ0v) is 12.8. The van der Waals surface area contributed by atoms with E-state index in [1.165, 1.54) is 12.8 Å². The third kappa shape index (κ3) is 4.69. The molecule has 2 atom stereocenters. The second-order valence-corrected chi connectivity index (χ2v) is 5.93. The average Bonchev–Trinajstić information content (AvgIpc) is 2.77. The van der Waals surface area contributed by atoms with Crippen molar-refractivity contribution in [3.8, 4) is 0 Å². The van der Waals surface area contributed by atoms with E-state index in [9.17, 15) is 4.79 Å². The smallest absolute Gasteiger partial charge is 0.225 e. The largest absolute Gasteiger partial charge is 0.342 e. The van der Waals surface area contributed by atoms with Crippen molar-refractivity contribution in [2.45, 2.75) is 61.3 Å². The molecule has 0 aromatic heterocycles. The van der Waals surface area contributed by atoms with Crippen LogP contribution in [0.5, 0.6) is 0 Å². The lowest BCUT2D eigenvalue weighted by molar-refractivity contribution is -0.137. The first-order chi connectivity index (χ1) is 7.86. The summed E-state index contributed by atoms with van der Waals surface area (Å²) in [7, 11) is 0. The lowest BCUT2D eigenvalue weighted by Gasteiger charge is -2.30. The molecule has 1 aliphatic rings. The highest BCUT2D eigenvalue weighted by molar-refractivity contribution is 5.79. The van der Waals surface area contributed by atoms with Crippen LogP contribution in [0.25, 0.3) is 0 Å². The quantitative estimate of drug-likeness (QED) is 0.717. The summed E-state index contributed by atoms with van der Waals surface area (Å²) in [6, 6.07) is 0. The number of carbonyl (C=O) groups is 1. The van der Waals surface area contributed by atoms with Crippen LogP contribution >= 0.6 is 0 Å². The Balaban J connectivity index is 0.00000121. The maximum atomic E-state index is 12.2. The van der Waals surface area contributed by atoms with Crippen molar-refractivity contribution in [1.29, 1.82) is 0 Å². The number of hydrogen-bond acceptors (Lipinski definition) is 1. The SMILES string of the molecule is CC.CCC1CCN(C(=O)C(C)C(C)(C)C)C1. The Labute approximate surface area is 108 Å². The van der Waals surface area contributed by atoms with Crippen molar-refractivity contribution < 1.29 is 4.79 Å². The van der Waals surface area contributed by atoms with Crippen molar-refractivity contribution in [3.05, 3.63) is 0 Å². The van der Waals surface area contributed by atoms with Crippen LogP contribution in [0.15, 0.2) is 0 Å². The van der Waals surface area contributed by atoms with Crippen LogP contribution in [0.1, 0.15) is 61.3 Å². The van der Waals surface area contributed by atoms with Gasteiger partial charge in [-0.15, -0.1) is 0 Å². The fraction of sp³-hybridized carbons (Fsp3) is 0.933. The van der Waals surface area contributed by atoms with Gasteiger partial charge in [-0.2, -0.15) is 0 Å². The van der Waals surface area contributed by atoms with Crippen LogP contribution in [0.2, 0.25) is 0 Å². The number of carbonyl (C=O) groups excluding carboxylic acids is 1. The molecule has 2 unspecified atom stereocenters. The molecule has 0 aromatic rings. The molecule has 1 saturated heterocycles. The van der Waals surface area contributed by atoms with Gasteiger partial charge in [-0.3, -0.25) is 4.79 Å². The van der Waals surface area contributed by atoms with Crippen LogP contribution in [0.3, 0.4) is 0 Å². The van der Waals surface area contributed by atoms with Gasteiger partial charge in [0.2, 0.25) is 5.91 Å². The predicted molar refractivity (Wildman–Crippen MR) is 74.9 cm³/mol. The second-order valence-electron chi connectivity index (χ2n) is 5.93. The molecule has 0 aromatic carbocycles. The maximum Gasteiger partial charge on any atom is 0.225 e. The Morgan fingerprint density at radius 3 is 2.24 bits per heavy atom. The number of rotatable bonds is 2. The minimum Gasteiger partial charge on any atom is -0.342 e. The Kier molecular flexibility index (Phi) is 6.81. The highest BCUT2D eigenvalue weighted by Crippen LogP contribution is 2.29. The number of hydrogen-bond donors (Lipinski definition) is 0. The van der Waals surface area contributed by atoms with E-state index in [0.717, 1.165) is 19.0 Å². The molecule has 0 aliphatic carbocycles. The number of amides is 1. The van der Waals surface area contributed by atoms with Crippen LogP contribution in [-0.4, -0.2) is 23.9 Å². The molecular formula is C15H31NO. The van der Waals surface area contributed by atoms with Crippen molar-refractivity contribution in [1.82, 2.24) is 4.90 Å². The van der Waals surface area contributed by atoms with Gasteiger partial charge in [-0.25, -0.2) is 0 Å². The number of nitrogens with zero attached hydrogens (tertiary/aromatic N) is 1. The Morgan fingerprint density at radius 1 is 1.35 bits per heavy atom. The molecule has 17 heavy (non-hydrogen) atoms. The lowest BCUT2D eigenvalue weighted by atomic mass is 9.81. The van der Waals surface area contributed by atoms with Gasteiger partial charge in [-0.05, 0) is 17.8 Å².